The van der Waals surface area contributed by atoms with Crippen LogP contribution in [0.5, 0.6) is 0 Å². The topological polar surface area (TPSA) is 57.3 Å². The van der Waals surface area contributed by atoms with Crippen LogP contribution in [-0.4, -0.2) is 25.1 Å². The summed E-state index contributed by atoms with van der Waals surface area (Å²) in [7, 11) is 3.90. The van der Waals surface area contributed by atoms with Crippen molar-refractivity contribution < 1.29 is 9.18 Å². The van der Waals surface area contributed by atoms with Crippen molar-refractivity contribution in [3.63, 3.8) is 0 Å². The number of nitrogens with zero attached hydrogens (tertiary/aromatic N) is 2. The summed E-state index contributed by atoms with van der Waals surface area (Å²) in [5.74, 6) is -0.413. The maximum Gasteiger partial charge on any atom is 0.323 e. The molecule has 0 unspecified atom stereocenters. The van der Waals surface area contributed by atoms with Crippen LogP contribution in [0.2, 0.25) is 0 Å². The van der Waals surface area contributed by atoms with Crippen LogP contribution >= 0.6 is 0 Å². The third kappa shape index (κ3) is 3.68. The van der Waals surface area contributed by atoms with Crippen molar-refractivity contribution in [1.82, 2.24) is 4.98 Å². The molecule has 0 aliphatic rings. The first-order chi connectivity index (χ1) is 11.9. The van der Waals surface area contributed by atoms with Crippen LogP contribution in [0.1, 0.15) is 5.69 Å². The Labute approximate surface area is 145 Å². The predicted octanol–water partition coefficient (Wildman–Crippen LogP) is 4.39. The summed E-state index contributed by atoms with van der Waals surface area (Å²) in [5.41, 5.74) is 3.10. The number of benzene rings is 2. The number of para-hydroxylation sites is 1. The molecular weight excluding hydrogens is 319 g/mol. The average Bonchev–Trinajstić information content (AvgIpc) is 2.56. The van der Waals surface area contributed by atoms with Crippen LogP contribution in [0.25, 0.3) is 10.9 Å². The number of pyridine rings is 1. The monoisotopic (exact) mass is 338 g/mol. The van der Waals surface area contributed by atoms with E-state index in [9.17, 15) is 9.18 Å². The second kappa shape index (κ2) is 6.76. The minimum Gasteiger partial charge on any atom is -0.378 e. The molecule has 0 aliphatic heterocycles. The lowest BCUT2D eigenvalue weighted by Gasteiger charge is -2.14. The molecule has 2 aromatic carbocycles. The molecule has 2 amide bonds. The zero-order chi connectivity index (χ0) is 18.0. The lowest BCUT2D eigenvalue weighted by atomic mass is 10.1. The van der Waals surface area contributed by atoms with Gasteiger partial charge in [0.05, 0.1) is 5.69 Å². The van der Waals surface area contributed by atoms with Gasteiger partial charge in [-0.1, -0.05) is 12.1 Å². The molecule has 3 rings (SSSR count). The van der Waals surface area contributed by atoms with Crippen molar-refractivity contribution in [1.29, 1.82) is 0 Å². The van der Waals surface area contributed by atoms with Gasteiger partial charge in [0.1, 0.15) is 11.3 Å². The highest BCUT2D eigenvalue weighted by atomic mass is 19.1. The van der Waals surface area contributed by atoms with E-state index >= 15 is 0 Å². The Kier molecular flexibility index (Phi) is 4.52. The Morgan fingerprint density at radius 3 is 2.48 bits per heavy atom. The summed E-state index contributed by atoms with van der Waals surface area (Å²) in [6.45, 7) is 1.76. The molecule has 0 bridgehead atoms. The molecule has 5 nitrogen and oxygen atoms in total. The minimum atomic E-state index is -0.413. The summed E-state index contributed by atoms with van der Waals surface area (Å²) in [6, 6.07) is 13.5. The number of nitrogens with one attached hydrogen (secondary N) is 2. The fraction of sp³-hybridized carbons (Fsp3) is 0.158. The summed E-state index contributed by atoms with van der Waals surface area (Å²) >= 11 is 0. The van der Waals surface area contributed by atoms with E-state index in [0.29, 0.717) is 22.5 Å². The second-order valence-electron chi connectivity index (χ2n) is 5.97. The average molecular weight is 338 g/mol. The van der Waals surface area contributed by atoms with E-state index < -0.39 is 11.8 Å². The van der Waals surface area contributed by atoms with Gasteiger partial charge in [-0.15, -0.1) is 0 Å². The first kappa shape index (κ1) is 16.7. The van der Waals surface area contributed by atoms with Gasteiger partial charge in [0.15, 0.2) is 0 Å². The number of hydrogen-bond donors (Lipinski definition) is 2. The Morgan fingerprint density at radius 2 is 1.80 bits per heavy atom. The van der Waals surface area contributed by atoms with Crippen LogP contribution in [0, 0.1) is 12.7 Å². The number of fused-ring (bicyclic) bond motifs is 1. The van der Waals surface area contributed by atoms with E-state index in [1.807, 2.05) is 43.3 Å². The highest BCUT2D eigenvalue weighted by molar-refractivity contribution is 6.05. The van der Waals surface area contributed by atoms with Crippen LogP contribution in [0.4, 0.5) is 26.2 Å². The number of carbonyl (C=O) groups is 1. The summed E-state index contributed by atoms with van der Waals surface area (Å²) < 4.78 is 13.9. The van der Waals surface area contributed by atoms with Crippen molar-refractivity contribution >= 4 is 34.0 Å². The first-order valence-electron chi connectivity index (χ1n) is 7.85. The number of halogens is 1. The zero-order valence-electron chi connectivity index (χ0n) is 14.3. The van der Waals surface area contributed by atoms with Crippen molar-refractivity contribution in [2.24, 2.45) is 0 Å². The van der Waals surface area contributed by atoms with Crippen LogP contribution in [0.15, 0.2) is 48.5 Å². The third-order valence-corrected chi connectivity index (χ3v) is 3.81. The highest BCUT2D eigenvalue weighted by Crippen LogP contribution is 2.25. The second-order valence-corrected chi connectivity index (χ2v) is 5.97. The molecule has 6 heteroatoms. The Morgan fingerprint density at radius 1 is 1.08 bits per heavy atom. The number of rotatable bonds is 3. The van der Waals surface area contributed by atoms with Crippen LogP contribution in [0.3, 0.4) is 0 Å². The first-order valence-corrected chi connectivity index (χ1v) is 7.85. The van der Waals surface area contributed by atoms with Gasteiger partial charge >= 0.3 is 6.03 Å². The molecule has 0 aliphatic carbocycles. The Hall–Kier alpha value is -3.15. The van der Waals surface area contributed by atoms with Crippen molar-refractivity contribution in [3.8, 4) is 0 Å². The quantitative estimate of drug-likeness (QED) is 0.744. The van der Waals surface area contributed by atoms with Crippen molar-refractivity contribution in [2.75, 3.05) is 29.6 Å². The number of amides is 2. The lowest BCUT2D eigenvalue weighted by molar-refractivity contribution is 0.262. The van der Waals surface area contributed by atoms with Gasteiger partial charge in [-0.05, 0) is 43.3 Å². The summed E-state index contributed by atoms with van der Waals surface area (Å²) in [4.78, 5) is 18.5. The molecule has 0 radical (unpaired) electrons. The summed E-state index contributed by atoms with van der Waals surface area (Å²) in [5, 5.41) is 6.10. The van der Waals surface area contributed by atoms with Crippen molar-refractivity contribution in [3.05, 3.63) is 60.0 Å². The van der Waals surface area contributed by atoms with E-state index in [4.69, 9.17) is 0 Å². The zero-order valence-corrected chi connectivity index (χ0v) is 14.3. The van der Waals surface area contributed by atoms with Crippen LogP contribution in [-0.2, 0) is 0 Å². The number of urea groups is 1. The van der Waals surface area contributed by atoms with E-state index in [2.05, 4.69) is 15.6 Å². The molecule has 3 aromatic rings. The summed E-state index contributed by atoms with van der Waals surface area (Å²) in [6.07, 6.45) is 0. The van der Waals surface area contributed by atoms with Gasteiger partial charge in [-0.2, -0.15) is 0 Å². The van der Waals surface area contributed by atoms with Crippen LogP contribution < -0.4 is 15.5 Å². The maximum absolute atomic E-state index is 13.9. The molecule has 0 spiro atoms. The SMILES string of the molecule is Cc1cc(NC(=O)Nc2ccc(N(C)C)cc2)c2cccc(F)c2n1. The number of aromatic nitrogens is 1. The molecule has 128 valence electrons. The van der Waals surface area contributed by atoms with Gasteiger partial charge in [0.25, 0.3) is 0 Å². The van der Waals surface area contributed by atoms with Gasteiger partial charge in [-0.25, -0.2) is 14.2 Å². The molecule has 0 saturated heterocycles. The van der Waals surface area contributed by atoms with Gasteiger partial charge in [0, 0.05) is 36.6 Å². The molecule has 1 heterocycles. The molecule has 0 fully saturated rings. The number of carbonyl (C=O) groups excluding carboxylic acids is 1. The Bertz CT molecular complexity index is 923. The highest BCUT2D eigenvalue weighted by Gasteiger charge is 2.11. The molecule has 0 saturated carbocycles. The number of anilines is 3. The number of hydrogen-bond acceptors (Lipinski definition) is 3. The number of aryl methyl sites for hydroxylation is 1. The van der Waals surface area contributed by atoms with Gasteiger partial charge in [0.2, 0.25) is 0 Å². The minimum absolute atomic E-state index is 0.244. The molecule has 1 aromatic heterocycles. The molecule has 0 atom stereocenters. The molecular formula is C19H19FN4O. The smallest absolute Gasteiger partial charge is 0.323 e. The lowest BCUT2D eigenvalue weighted by Crippen LogP contribution is -2.20. The van der Waals surface area contributed by atoms with E-state index in [1.165, 1.54) is 6.07 Å². The molecule has 2 N–H and O–H groups in total. The largest absolute Gasteiger partial charge is 0.378 e. The normalized spacial score (nSPS) is 10.6. The maximum atomic E-state index is 13.9. The predicted molar refractivity (Wildman–Crippen MR) is 99.8 cm³/mol. The third-order valence-electron chi connectivity index (χ3n) is 3.81. The molecule has 25 heavy (non-hydrogen) atoms. The fourth-order valence-electron chi connectivity index (χ4n) is 2.57. The Balaban J connectivity index is 1.81. The standard InChI is InChI=1S/C19H19FN4O/c1-12-11-17(15-5-4-6-16(20)18(15)21-12)23-19(25)22-13-7-9-14(10-8-13)24(2)3/h4-11H,1-3H3,(H2,21,22,23,25). The van der Waals surface area contributed by atoms with Crippen molar-refractivity contribution in [2.45, 2.75) is 6.92 Å². The van der Waals surface area contributed by atoms with E-state index in [-0.39, 0.29) is 5.52 Å². The van der Waals surface area contributed by atoms with Gasteiger partial charge < -0.3 is 15.5 Å². The van der Waals surface area contributed by atoms with Gasteiger partial charge in [-0.3, -0.25) is 0 Å². The van der Waals surface area contributed by atoms with E-state index in [0.717, 1.165) is 5.69 Å². The fourth-order valence-corrected chi connectivity index (χ4v) is 2.57. The van der Waals surface area contributed by atoms with E-state index in [1.54, 1.807) is 25.1 Å².